The summed E-state index contributed by atoms with van der Waals surface area (Å²) in [6.45, 7) is 0. The monoisotopic (exact) mass is 646 g/mol. The molecule has 0 aliphatic rings. The zero-order chi connectivity index (χ0) is 32.5. The van der Waals surface area contributed by atoms with Gasteiger partial charge in [-0.2, -0.15) is 101 Å². The Morgan fingerprint density at radius 3 is 0.923 bits per heavy atom. The predicted octanol–water partition coefficient (Wildman–Crippen LogP) is 6.85. The van der Waals surface area contributed by atoms with Crippen molar-refractivity contribution in [3.8, 4) is 0 Å². The Morgan fingerprint density at radius 1 is 0.385 bits per heavy atom. The molecule has 0 aliphatic carbocycles. The van der Waals surface area contributed by atoms with Gasteiger partial charge in [0.15, 0.2) is 0 Å². The summed E-state index contributed by atoms with van der Waals surface area (Å²) >= 11 is 0. The van der Waals surface area contributed by atoms with Gasteiger partial charge in [0.1, 0.15) is 0 Å². The van der Waals surface area contributed by atoms with Crippen LogP contribution in [0.15, 0.2) is 0 Å². The van der Waals surface area contributed by atoms with Gasteiger partial charge in [-0.05, 0) is 0 Å². The molecule has 4 nitrogen and oxygen atoms in total. The summed E-state index contributed by atoms with van der Waals surface area (Å²) in [5.74, 6) is -55.9. The zero-order valence-electron chi connectivity index (χ0n) is 16.4. The highest BCUT2D eigenvalue weighted by molar-refractivity contribution is 5.76. The Labute approximate surface area is 194 Å². The van der Waals surface area contributed by atoms with E-state index in [9.17, 15) is 106 Å². The maximum atomic E-state index is 13.3. The molecule has 0 radical (unpaired) electrons. The van der Waals surface area contributed by atoms with Gasteiger partial charge in [0.05, 0.1) is 0 Å². The second-order valence-electron chi connectivity index (χ2n) is 6.52. The molecule has 0 fully saturated rings. The van der Waals surface area contributed by atoms with E-state index in [2.05, 4.69) is 0 Å². The van der Waals surface area contributed by atoms with Crippen LogP contribution in [0, 0.1) is 0 Å². The molecule has 0 rings (SSSR count). The smallest absolute Gasteiger partial charge is 0.460 e. The average molecular weight is 646 g/mol. The molecule has 0 saturated heterocycles. The highest BCUT2D eigenvalue weighted by atomic mass is 19.4. The van der Waals surface area contributed by atoms with E-state index in [1.807, 2.05) is 0 Å². The van der Waals surface area contributed by atoms with Crippen molar-refractivity contribution in [2.45, 2.75) is 66.1 Å². The Balaban J connectivity index is 6.67. The van der Waals surface area contributed by atoms with E-state index >= 15 is 0 Å². The van der Waals surface area contributed by atoms with Crippen LogP contribution in [0.25, 0.3) is 0 Å². The molecule has 1 N–H and O–H groups in total. The SMILES string of the molecule is O=C(O)C(F)(F)C(F)(F)OC(F)(F)C(F)(F)OC(F)(F)C(F)(F)C(F)(F)C(F)(F)C(F)(F)C(F)(F)C(F)(F)F. The van der Waals surface area contributed by atoms with Crippen LogP contribution in [-0.4, -0.2) is 77.2 Å². The largest absolute Gasteiger partial charge is 0.477 e. The van der Waals surface area contributed by atoms with Crippen molar-refractivity contribution >= 4 is 5.97 Å². The molecule has 234 valence electrons. The minimum atomic E-state index is -9.14. The van der Waals surface area contributed by atoms with E-state index < -0.39 is 72.1 Å². The van der Waals surface area contributed by atoms with Crippen molar-refractivity contribution in [3.63, 3.8) is 0 Å². The van der Waals surface area contributed by atoms with E-state index in [4.69, 9.17) is 5.11 Å². The Morgan fingerprint density at radius 2 is 0.641 bits per heavy atom. The van der Waals surface area contributed by atoms with Gasteiger partial charge in [-0.15, -0.1) is 0 Å². The van der Waals surface area contributed by atoms with Crippen LogP contribution in [-0.2, 0) is 14.3 Å². The molecule has 0 aromatic heterocycles. The van der Waals surface area contributed by atoms with Crippen molar-refractivity contribution in [1.29, 1.82) is 0 Å². The molecule has 0 unspecified atom stereocenters. The molecule has 0 heterocycles. The topological polar surface area (TPSA) is 55.8 Å². The lowest BCUT2D eigenvalue weighted by molar-refractivity contribution is -0.550. The number of carboxylic acid groups (broad SMARTS) is 1. The zero-order valence-corrected chi connectivity index (χ0v) is 16.4. The van der Waals surface area contributed by atoms with Crippen molar-refractivity contribution in [3.05, 3.63) is 0 Å². The Kier molecular flexibility index (Phi) is 8.63. The van der Waals surface area contributed by atoms with E-state index in [0.29, 0.717) is 0 Å². The van der Waals surface area contributed by atoms with Crippen LogP contribution < -0.4 is 0 Å². The number of alkyl halides is 23. The molecule has 27 heteroatoms. The molecule has 39 heavy (non-hydrogen) atoms. The minimum Gasteiger partial charge on any atom is -0.477 e. The van der Waals surface area contributed by atoms with Crippen LogP contribution in [0.2, 0.25) is 0 Å². The molecule has 0 aliphatic heterocycles. The molecule has 0 aromatic carbocycles. The summed E-state index contributed by atoms with van der Waals surface area (Å²) in [7, 11) is 0. The van der Waals surface area contributed by atoms with E-state index in [-0.39, 0.29) is 0 Å². The molecule has 0 saturated carbocycles. The fourth-order valence-corrected chi connectivity index (χ4v) is 1.65. The molecule has 0 spiro atoms. The number of hydrogen-bond donors (Lipinski definition) is 1. The summed E-state index contributed by atoms with van der Waals surface area (Å²) in [4.78, 5) is 9.85. The van der Waals surface area contributed by atoms with Gasteiger partial charge < -0.3 is 5.11 Å². The Bertz CT molecular complexity index is 917. The summed E-state index contributed by atoms with van der Waals surface area (Å²) in [6, 6.07) is 0. The first-order valence-corrected chi connectivity index (χ1v) is 7.84. The lowest BCUT2D eigenvalue weighted by atomic mass is 9.93. The van der Waals surface area contributed by atoms with Gasteiger partial charge in [-0.3, -0.25) is 0 Å². The maximum absolute atomic E-state index is 13.3. The summed E-state index contributed by atoms with van der Waals surface area (Å²) in [5, 5.41) is 7.68. The van der Waals surface area contributed by atoms with E-state index in [1.54, 1.807) is 0 Å². The summed E-state index contributed by atoms with van der Waals surface area (Å²) in [5.41, 5.74) is 0. The van der Waals surface area contributed by atoms with Crippen LogP contribution in [0.4, 0.5) is 101 Å². The third-order valence-corrected chi connectivity index (χ3v) is 3.78. The average Bonchev–Trinajstić information content (AvgIpc) is 2.64. The quantitative estimate of drug-likeness (QED) is 0.236. The predicted molar refractivity (Wildman–Crippen MR) is 65.3 cm³/mol. The van der Waals surface area contributed by atoms with Crippen molar-refractivity contribution in [2.24, 2.45) is 0 Å². The minimum absolute atomic E-state index is 0.936. The lowest BCUT2D eigenvalue weighted by Gasteiger charge is -2.41. The van der Waals surface area contributed by atoms with Crippen molar-refractivity contribution in [1.82, 2.24) is 0 Å². The van der Waals surface area contributed by atoms with Gasteiger partial charge >= 0.3 is 72.1 Å². The fraction of sp³-hybridized carbons (Fsp3) is 0.917. The molecular weight excluding hydrogens is 645 g/mol. The number of halogens is 23. The van der Waals surface area contributed by atoms with Crippen LogP contribution in [0.5, 0.6) is 0 Å². The number of hydrogen-bond acceptors (Lipinski definition) is 3. The van der Waals surface area contributed by atoms with Crippen molar-refractivity contribution in [2.75, 3.05) is 0 Å². The van der Waals surface area contributed by atoms with Gasteiger partial charge in [-0.1, -0.05) is 0 Å². The number of rotatable bonds is 12. The number of carboxylic acids is 1. The van der Waals surface area contributed by atoms with E-state index in [0.717, 1.165) is 4.74 Å². The normalized spacial score (nSPS) is 16.5. The maximum Gasteiger partial charge on any atom is 0.460 e. The van der Waals surface area contributed by atoms with Gasteiger partial charge in [0.2, 0.25) is 0 Å². The third kappa shape index (κ3) is 5.30. The number of carbonyl (C=O) groups is 1. The van der Waals surface area contributed by atoms with Crippen LogP contribution >= 0.6 is 0 Å². The first kappa shape index (κ1) is 36.8. The third-order valence-electron chi connectivity index (χ3n) is 3.78. The highest BCUT2D eigenvalue weighted by Crippen LogP contribution is 2.63. The Hall–Kier alpha value is -2.22. The molecule has 0 atom stereocenters. The first-order valence-electron chi connectivity index (χ1n) is 7.84. The summed E-state index contributed by atoms with van der Waals surface area (Å²) in [6.07, 6.45) is -40.4. The number of aliphatic carboxylic acids is 1. The second-order valence-corrected chi connectivity index (χ2v) is 6.52. The van der Waals surface area contributed by atoms with Gasteiger partial charge in [0.25, 0.3) is 0 Å². The molecule has 0 aromatic rings. The molecule has 0 amide bonds. The molecule has 0 bridgehead atoms. The summed E-state index contributed by atoms with van der Waals surface area (Å²) < 4.78 is 298. The van der Waals surface area contributed by atoms with Gasteiger partial charge in [0, 0.05) is 0 Å². The van der Waals surface area contributed by atoms with Gasteiger partial charge in [-0.25, -0.2) is 14.3 Å². The fourth-order valence-electron chi connectivity index (χ4n) is 1.65. The lowest BCUT2D eigenvalue weighted by Crippen LogP contribution is -2.73. The van der Waals surface area contributed by atoms with E-state index in [1.165, 1.54) is 4.74 Å². The van der Waals surface area contributed by atoms with Crippen molar-refractivity contribution < 1.29 is 120 Å². The van der Waals surface area contributed by atoms with Crippen LogP contribution in [0.3, 0.4) is 0 Å². The van der Waals surface area contributed by atoms with Crippen LogP contribution in [0.1, 0.15) is 0 Å². The molecular formula is C12HF23O4. The first-order chi connectivity index (χ1) is 16.4. The highest BCUT2D eigenvalue weighted by Gasteiger charge is 2.94. The number of ether oxygens (including phenoxy) is 2. The second kappa shape index (κ2) is 9.15. The standard InChI is InChI=1S/C12HF23O4/c13-2(14,1(36)37)9(28,29)38-11(32,33)12(34,35)39-10(30,31)7(23,24)5(19,20)3(15,16)4(17,18)6(21,22)8(25,26)27/h(H,36,37).